The van der Waals surface area contributed by atoms with Crippen molar-refractivity contribution in [2.24, 2.45) is 0 Å². The fraction of sp³-hybridized carbons (Fsp3) is 0. The van der Waals surface area contributed by atoms with Crippen molar-refractivity contribution in [3.8, 4) is 0 Å². The summed E-state index contributed by atoms with van der Waals surface area (Å²) in [6, 6.07) is 11.5. The molecule has 0 radical (unpaired) electrons. The normalized spacial score (nSPS) is 11.2. The highest BCUT2D eigenvalue weighted by atomic mass is 32.1. The molecule has 2 aromatic rings. The summed E-state index contributed by atoms with van der Waals surface area (Å²) in [5, 5.41) is 5.71. The van der Waals surface area contributed by atoms with Crippen LogP contribution in [-0.4, -0.2) is 0 Å². The molecular formula is C10H8OPS+. The predicted octanol–water partition coefficient (Wildman–Crippen LogP) is 2.53. The topological polar surface area (TPSA) is 17.1 Å². The van der Waals surface area contributed by atoms with Crippen LogP contribution in [0.4, 0.5) is 0 Å². The zero-order valence-corrected chi connectivity index (χ0v) is 8.59. The average molecular weight is 207 g/mol. The standard InChI is InChI=1S/C10H8OPS/c11-12(10-6-7-13-8-10)9-4-2-1-3-5-9/h1-8H/q+1. The Kier molecular flexibility index (Phi) is 2.53. The number of thiophene rings is 1. The molecule has 0 N–H and O–H groups in total. The minimum Gasteiger partial charge on any atom is -0.148 e. The van der Waals surface area contributed by atoms with Crippen LogP contribution in [0.3, 0.4) is 0 Å². The maximum absolute atomic E-state index is 11.9. The molecule has 0 aliphatic carbocycles. The first kappa shape index (κ1) is 8.61. The van der Waals surface area contributed by atoms with E-state index in [1.165, 1.54) is 0 Å². The molecule has 0 spiro atoms. The highest BCUT2D eigenvalue weighted by molar-refractivity contribution is 7.61. The van der Waals surface area contributed by atoms with E-state index >= 15 is 0 Å². The summed E-state index contributed by atoms with van der Waals surface area (Å²) in [6.07, 6.45) is 0. The molecule has 1 nitrogen and oxygen atoms in total. The first-order valence-corrected chi connectivity index (χ1v) is 6.12. The van der Waals surface area contributed by atoms with E-state index in [1.54, 1.807) is 11.3 Å². The molecule has 1 aromatic carbocycles. The minimum atomic E-state index is -1.37. The van der Waals surface area contributed by atoms with Crippen molar-refractivity contribution in [2.75, 3.05) is 0 Å². The van der Waals surface area contributed by atoms with Gasteiger partial charge in [-0.05, 0) is 17.5 Å². The van der Waals surface area contributed by atoms with Gasteiger partial charge in [0.05, 0.1) is 0 Å². The molecule has 0 saturated carbocycles. The van der Waals surface area contributed by atoms with E-state index in [9.17, 15) is 4.57 Å². The quantitative estimate of drug-likeness (QED) is 0.691. The van der Waals surface area contributed by atoms with Crippen LogP contribution in [0.25, 0.3) is 0 Å². The van der Waals surface area contributed by atoms with Crippen molar-refractivity contribution in [3.63, 3.8) is 0 Å². The van der Waals surface area contributed by atoms with Gasteiger partial charge in [0.2, 0.25) is 5.30 Å². The third-order valence-corrected chi connectivity index (χ3v) is 4.10. The van der Waals surface area contributed by atoms with Crippen LogP contribution in [0.1, 0.15) is 0 Å². The molecule has 0 aliphatic heterocycles. The Morgan fingerprint density at radius 2 is 1.77 bits per heavy atom. The Hall–Kier alpha value is -0.980. The summed E-state index contributed by atoms with van der Waals surface area (Å²) in [6.45, 7) is 0. The summed E-state index contributed by atoms with van der Waals surface area (Å²) in [4.78, 5) is 0. The van der Waals surface area contributed by atoms with Crippen LogP contribution in [0.2, 0.25) is 0 Å². The lowest BCUT2D eigenvalue weighted by molar-refractivity contribution is 0.598. The average Bonchev–Trinajstić information content (AvgIpc) is 2.71. The van der Waals surface area contributed by atoms with Gasteiger partial charge in [-0.25, -0.2) is 0 Å². The molecule has 0 saturated heterocycles. The van der Waals surface area contributed by atoms with E-state index in [2.05, 4.69) is 0 Å². The van der Waals surface area contributed by atoms with Crippen molar-refractivity contribution in [1.82, 2.24) is 0 Å². The monoisotopic (exact) mass is 207 g/mol. The Morgan fingerprint density at radius 3 is 2.38 bits per heavy atom. The van der Waals surface area contributed by atoms with E-state index < -0.39 is 7.80 Å². The number of hydrogen-bond acceptors (Lipinski definition) is 2. The zero-order valence-electron chi connectivity index (χ0n) is 6.88. The molecule has 0 bridgehead atoms. The Balaban J connectivity index is 2.34. The molecule has 1 aromatic heterocycles. The second kappa shape index (κ2) is 3.82. The number of rotatable bonds is 2. The molecule has 0 aliphatic rings. The van der Waals surface area contributed by atoms with E-state index in [4.69, 9.17) is 0 Å². The van der Waals surface area contributed by atoms with Gasteiger partial charge in [0, 0.05) is 11.4 Å². The molecule has 13 heavy (non-hydrogen) atoms. The molecule has 0 amide bonds. The van der Waals surface area contributed by atoms with Crippen molar-refractivity contribution < 1.29 is 4.57 Å². The van der Waals surface area contributed by atoms with Crippen molar-refractivity contribution in [1.29, 1.82) is 0 Å². The van der Waals surface area contributed by atoms with Crippen LogP contribution in [0, 0.1) is 0 Å². The molecule has 0 fully saturated rings. The van der Waals surface area contributed by atoms with Crippen LogP contribution < -0.4 is 10.6 Å². The summed E-state index contributed by atoms with van der Waals surface area (Å²) < 4.78 is 11.9. The van der Waals surface area contributed by atoms with Gasteiger partial charge in [0.1, 0.15) is 0 Å². The summed E-state index contributed by atoms with van der Waals surface area (Å²) >= 11 is 1.58. The van der Waals surface area contributed by atoms with Crippen LogP contribution in [0.15, 0.2) is 47.2 Å². The fourth-order valence-electron chi connectivity index (χ4n) is 1.09. The van der Waals surface area contributed by atoms with Gasteiger partial charge < -0.3 is 0 Å². The molecule has 1 unspecified atom stereocenters. The SMILES string of the molecule is O=[P+](c1ccccc1)c1ccsc1. The van der Waals surface area contributed by atoms with Crippen molar-refractivity contribution >= 4 is 29.7 Å². The summed E-state index contributed by atoms with van der Waals surface area (Å²) in [5.74, 6) is 0. The third-order valence-electron chi connectivity index (χ3n) is 1.73. The smallest absolute Gasteiger partial charge is 0.148 e. The molecule has 3 heteroatoms. The van der Waals surface area contributed by atoms with Gasteiger partial charge in [-0.2, -0.15) is 0 Å². The molecule has 2 rings (SSSR count). The number of hydrogen-bond donors (Lipinski definition) is 0. The van der Waals surface area contributed by atoms with Gasteiger partial charge in [0.15, 0.2) is 5.30 Å². The van der Waals surface area contributed by atoms with Crippen LogP contribution in [0.5, 0.6) is 0 Å². The minimum absolute atomic E-state index is 0.899. The Morgan fingerprint density at radius 1 is 1.00 bits per heavy atom. The first-order valence-electron chi connectivity index (χ1n) is 3.92. The third kappa shape index (κ3) is 1.85. The van der Waals surface area contributed by atoms with E-state index in [0.29, 0.717) is 0 Å². The first-order chi connectivity index (χ1) is 6.38. The number of benzene rings is 1. The maximum atomic E-state index is 11.9. The van der Waals surface area contributed by atoms with Crippen molar-refractivity contribution in [3.05, 3.63) is 47.2 Å². The predicted molar refractivity (Wildman–Crippen MR) is 57.6 cm³/mol. The van der Waals surface area contributed by atoms with Gasteiger partial charge >= 0.3 is 7.80 Å². The highest BCUT2D eigenvalue weighted by Crippen LogP contribution is 2.20. The van der Waals surface area contributed by atoms with Gasteiger partial charge in [-0.15, -0.1) is 11.3 Å². The van der Waals surface area contributed by atoms with Gasteiger partial charge in [0.25, 0.3) is 0 Å². The lowest BCUT2D eigenvalue weighted by Gasteiger charge is -1.83. The van der Waals surface area contributed by atoms with E-state index in [1.807, 2.05) is 47.2 Å². The molecule has 64 valence electrons. The molecular weight excluding hydrogens is 199 g/mol. The van der Waals surface area contributed by atoms with Crippen LogP contribution >= 0.6 is 19.1 Å². The Bertz CT molecular complexity index is 394. The van der Waals surface area contributed by atoms with Gasteiger partial charge in [-0.3, -0.25) is 0 Å². The molecule has 1 heterocycles. The summed E-state index contributed by atoms with van der Waals surface area (Å²) in [5.41, 5.74) is 0. The Labute approximate surface area is 81.8 Å². The fourth-order valence-corrected chi connectivity index (χ4v) is 3.22. The largest absolute Gasteiger partial charge is 0.416 e. The summed E-state index contributed by atoms with van der Waals surface area (Å²) in [7, 11) is -1.37. The maximum Gasteiger partial charge on any atom is 0.416 e. The lowest BCUT2D eigenvalue weighted by atomic mass is 10.4. The van der Waals surface area contributed by atoms with Gasteiger partial charge in [-0.1, -0.05) is 22.8 Å². The second-order valence-electron chi connectivity index (χ2n) is 2.61. The van der Waals surface area contributed by atoms with Crippen molar-refractivity contribution in [2.45, 2.75) is 0 Å². The van der Waals surface area contributed by atoms with Crippen LogP contribution in [-0.2, 0) is 4.57 Å². The van der Waals surface area contributed by atoms with E-state index in [0.717, 1.165) is 10.6 Å². The second-order valence-corrected chi connectivity index (χ2v) is 5.01. The zero-order chi connectivity index (χ0) is 9.10. The van der Waals surface area contributed by atoms with E-state index in [-0.39, 0.29) is 0 Å². The highest BCUT2D eigenvalue weighted by Gasteiger charge is 2.22. The lowest BCUT2D eigenvalue weighted by Crippen LogP contribution is -2.02. The molecule has 1 atom stereocenters.